The van der Waals surface area contributed by atoms with Gasteiger partial charge >= 0.3 is 0 Å². The summed E-state index contributed by atoms with van der Waals surface area (Å²) in [6.07, 6.45) is 3.09. The molecule has 3 aromatic rings. The molecule has 1 amide bonds. The van der Waals surface area contributed by atoms with Gasteiger partial charge in [-0.3, -0.25) is 9.69 Å². The van der Waals surface area contributed by atoms with Crippen molar-refractivity contribution in [2.45, 2.75) is 31.7 Å². The van der Waals surface area contributed by atoms with E-state index < -0.39 is 0 Å². The van der Waals surface area contributed by atoms with Crippen molar-refractivity contribution in [3.8, 4) is 11.1 Å². The highest BCUT2D eigenvalue weighted by atomic mass is 32.1. The van der Waals surface area contributed by atoms with Gasteiger partial charge in [-0.05, 0) is 29.5 Å². The fourth-order valence-corrected chi connectivity index (χ4v) is 4.96. The number of rotatable bonds is 6. The van der Waals surface area contributed by atoms with E-state index in [1.54, 1.807) is 11.3 Å². The molecule has 30 heavy (non-hydrogen) atoms. The van der Waals surface area contributed by atoms with Crippen molar-refractivity contribution in [3.63, 3.8) is 0 Å². The summed E-state index contributed by atoms with van der Waals surface area (Å²) in [6, 6.07) is 18.7. The van der Waals surface area contributed by atoms with Crippen LogP contribution in [-0.2, 0) is 17.8 Å². The molecule has 1 aromatic heterocycles. The largest absolute Gasteiger partial charge is 0.340 e. The van der Waals surface area contributed by atoms with Crippen LogP contribution in [0.25, 0.3) is 11.1 Å². The summed E-state index contributed by atoms with van der Waals surface area (Å²) in [5, 5.41) is 3.45. The Morgan fingerprint density at radius 3 is 2.33 bits per heavy atom. The van der Waals surface area contributed by atoms with Crippen molar-refractivity contribution in [2.24, 2.45) is 0 Å². The summed E-state index contributed by atoms with van der Waals surface area (Å²) < 4.78 is 0. The molecule has 1 saturated heterocycles. The first-order valence-corrected chi connectivity index (χ1v) is 11.7. The van der Waals surface area contributed by atoms with Crippen LogP contribution in [0.1, 0.15) is 35.0 Å². The lowest BCUT2D eigenvalue weighted by atomic mass is 10.0. The second kappa shape index (κ2) is 8.70. The Bertz CT molecular complexity index is 987. The molecule has 1 saturated carbocycles. The van der Waals surface area contributed by atoms with Gasteiger partial charge in [0.1, 0.15) is 5.01 Å². The molecule has 2 heterocycles. The van der Waals surface area contributed by atoms with E-state index in [4.69, 9.17) is 4.98 Å². The molecular formula is C25H27N3OS. The Hall–Kier alpha value is -2.50. The van der Waals surface area contributed by atoms with Crippen LogP contribution in [0.15, 0.2) is 60.0 Å². The van der Waals surface area contributed by atoms with Gasteiger partial charge in [-0.25, -0.2) is 4.98 Å². The van der Waals surface area contributed by atoms with E-state index in [9.17, 15) is 4.79 Å². The van der Waals surface area contributed by atoms with Gasteiger partial charge < -0.3 is 4.90 Å². The van der Waals surface area contributed by atoms with Gasteiger partial charge in [-0.15, -0.1) is 11.3 Å². The maximum Gasteiger partial charge on any atom is 0.227 e. The molecule has 0 unspecified atom stereocenters. The fourth-order valence-electron chi connectivity index (χ4n) is 4.04. The molecule has 0 atom stereocenters. The SMILES string of the molecule is O=C(Cc1ccc(-c2ccccc2)cc1)N1CCN(Cc2nc(C3CC3)cs2)CC1. The molecule has 1 aliphatic heterocycles. The molecule has 5 heteroatoms. The van der Waals surface area contributed by atoms with E-state index in [-0.39, 0.29) is 5.91 Å². The minimum Gasteiger partial charge on any atom is -0.340 e. The predicted molar refractivity (Wildman–Crippen MR) is 122 cm³/mol. The van der Waals surface area contributed by atoms with Crippen molar-refractivity contribution >= 4 is 17.2 Å². The molecule has 2 aromatic carbocycles. The summed E-state index contributed by atoms with van der Waals surface area (Å²) >= 11 is 1.79. The molecule has 4 nitrogen and oxygen atoms in total. The second-order valence-electron chi connectivity index (χ2n) is 8.34. The molecule has 154 valence electrons. The highest BCUT2D eigenvalue weighted by Gasteiger charge is 2.27. The first kappa shape index (κ1) is 19.5. The Morgan fingerprint density at radius 2 is 1.63 bits per heavy atom. The monoisotopic (exact) mass is 417 g/mol. The van der Waals surface area contributed by atoms with E-state index in [0.29, 0.717) is 6.42 Å². The number of thiazole rings is 1. The van der Waals surface area contributed by atoms with Gasteiger partial charge in [0.15, 0.2) is 0 Å². The number of nitrogens with zero attached hydrogens (tertiary/aromatic N) is 3. The molecular weight excluding hydrogens is 390 g/mol. The highest BCUT2D eigenvalue weighted by molar-refractivity contribution is 7.09. The van der Waals surface area contributed by atoms with Crippen molar-refractivity contribution in [1.82, 2.24) is 14.8 Å². The van der Waals surface area contributed by atoms with E-state index >= 15 is 0 Å². The lowest BCUT2D eigenvalue weighted by molar-refractivity contribution is -0.132. The second-order valence-corrected chi connectivity index (χ2v) is 9.28. The summed E-state index contributed by atoms with van der Waals surface area (Å²) in [5.74, 6) is 0.957. The van der Waals surface area contributed by atoms with Crippen LogP contribution >= 0.6 is 11.3 Å². The van der Waals surface area contributed by atoms with E-state index in [1.807, 2.05) is 23.1 Å². The molecule has 0 bridgehead atoms. The predicted octanol–water partition coefficient (Wildman–Crippen LogP) is 4.57. The summed E-state index contributed by atoms with van der Waals surface area (Å²) in [5.41, 5.74) is 4.77. The standard InChI is InChI=1S/C25H27N3OS/c29-25(16-19-6-8-21(9-7-19)20-4-2-1-3-5-20)28-14-12-27(13-15-28)17-24-26-23(18-30-24)22-10-11-22/h1-9,18,22H,10-17H2. The molecule has 1 aliphatic carbocycles. The minimum atomic E-state index is 0.229. The van der Waals surface area contributed by atoms with Crippen molar-refractivity contribution < 1.29 is 4.79 Å². The van der Waals surface area contributed by atoms with Crippen LogP contribution in [0.2, 0.25) is 0 Å². The quantitative estimate of drug-likeness (QED) is 0.589. The summed E-state index contributed by atoms with van der Waals surface area (Å²) in [6.45, 7) is 4.39. The fraction of sp³-hybridized carbons (Fsp3) is 0.360. The zero-order valence-electron chi connectivity index (χ0n) is 17.2. The first-order valence-electron chi connectivity index (χ1n) is 10.8. The van der Waals surface area contributed by atoms with Gasteiger partial charge in [0, 0.05) is 37.5 Å². The Labute approximate surface area is 182 Å². The van der Waals surface area contributed by atoms with Crippen molar-refractivity contribution in [1.29, 1.82) is 0 Å². The number of hydrogen-bond acceptors (Lipinski definition) is 4. The third-order valence-corrected chi connectivity index (χ3v) is 6.92. The number of piperazine rings is 1. The average Bonchev–Trinajstić information content (AvgIpc) is 3.54. The summed E-state index contributed by atoms with van der Waals surface area (Å²) in [7, 11) is 0. The maximum absolute atomic E-state index is 12.8. The summed E-state index contributed by atoms with van der Waals surface area (Å²) in [4.78, 5) is 22.0. The van der Waals surface area contributed by atoms with Gasteiger partial charge in [0.2, 0.25) is 5.91 Å². The van der Waals surface area contributed by atoms with Crippen LogP contribution in [0.5, 0.6) is 0 Å². The molecule has 2 aliphatic rings. The molecule has 0 N–H and O–H groups in total. The minimum absolute atomic E-state index is 0.229. The maximum atomic E-state index is 12.8. The molecule has 2 fully saturated rings. The number of hydrogen-bond donors (Lipinski definition) is 0. The van der Waals surface area contributed by atoms with Crippen molar-refractivity contribution in [3.05, 3.63) is 76.2 Å². The van der Waals surface area contributed by atoms with Gasteiger partial charge in [-0.1, -0.05) is 54.6 Å². The third-order valence-electron chi connectivity index (χ3n) is 6.07. The van der Waals surface area contributed by atoms with Crippen molar-refractivity contribution in [2.75, 3.05) is 26.2 Å². The zero-order chi connectivity index (χ0) is 20.3. The molecule has 0 radical (unpaired) electrons. The number of carbonyl (C=O) groups is 1. The van der Waals surface area contributed by atoms with E-state index in [1.165, 1.54) is 34.7 Å². The van der Waals surface area contributed by atoms with Gasteiger partial charge in [-0.2, -0.15) is 0 Å². The van der Waals surface area contributed by atoms with Gasteiger partial charge in [0.05, 0.1) is 18.7 Å². The van der Waals surface area contributed by atoms with Gasteiger partial charge in [0.25, 0.3) is 0 Å². The Balaban J connectivity index is 1.11. The van der Waals surface area contributed by atoms with Crippen LogP contribution in [0.3, 0.4) is 0 Å². The Kier molecular flexibility index (Phi) is 5.65. The third kappa shape index (κ3) is 4.63. The topological polar surface area (TPSA) is 36.4 Å². The van der Waals surface area contributed by atoms with Crippen LogP contribution in [-0.4, -0.2) is 46.9 Å². The Morgan fingerprint density at radius 1 is 0.933 bits per heavy atom. The molecule has 5 rings (SSSR count). The number of benzene rings is 2. The highest BCUT2D eigenvalue weighted by Crippen LogP contribution is 2.40. The van der Waals surface area contributed by atoms with Crippen LogP contribution in [0, 0.1) is 0 Å². The number of aromatic nitrogens is 1. The normalized spacial score (nSPS) is 17.3. The average molecular weight is 418 g/mol. The lowest BCUT2D eigenvalue weighted by Crippen LogP contribution is -2.48. The van der Waals surface area contributed by atoms with Crippen LogP contribution < -0.4 is 0 Å². The van der Waals surface area contributed by atoms with E-state index in [2.05, 4.69) is 46.7 Å². The number of carbonyl (C=O) groups excluding carboxylic acids is 1. The lowest BCUT2D eigenvalue weighted by Gasteiger charge is -2.34. The van der Waals surface area contributed by atoms with E-state index in [0.717, 1.165) is 44.2 Å². The van der Waals surface area contributed by atoms with Crippen LogP contribution in [0.4, 0.5) is 0 Å². The smallest absolute Gasteiger partial charge is 0.227 e. The first-order chi connectivity index (χ1) is 14.7. The number of amides is 1. The molecule has 0 spiro atoms. The zero-order valence-corrected chi connectivity index (χ0v) is 18.0.